The molecule has 0 unspecified atom stereocenters. The van der Waals surface area contributed by atoms with E-state index in [2.05, 4.69) is 0 Å². The van der Waals surface area contributed by atoms with E-state index in [9.17, 15) is 14.4 Å². The Kier molecular flexibility index (Phi) is 4.83. The van der Waals surface area contributed by atoms with Crippen LogP contribution >= 0.6 is 7.60 Å². The highest BCUT2D eigenvalue weighted by atomic mass is 31.2. The van der Waals surface area contributed by atoms with Crippen molar-refractivity contribution in [1.29, 1.82) is 0 Å². The summed E-state index contributed by atoms with van der Waals surface area (Å²) in [6.07, 6.45) is 1.40. The van der Waals surface area contributed by atoms with Crippen LogP contribution < -0.4 is 0 Å². The van der Waals surface area contributed by atoms with Crippen molar-refractivity contribution < 1.29 is 14.4 Å². The zero-order valence-electron chi connectivity index (χ0n) is 9.82. The first kappa shape index (κ1) is 14.2. The van der Waals surface area contributed by atoms with Crippen LogP contribution in [-0.4, -0.2) is 14.9 Å². The quantitative estimate of drug-likeness (QED) is 0.703. The van der Waals surface area contributed by atoms with Gasteiger partial charge in [0.05, 0.1) is 5.16 Å². The fourth-order valence-electron chi connectivity index (χ4n) is 2.46. The average Bonchev–Trinajstić information content (AvgIpc) is 1.95. The molecule has 14 heavy (non-hydrogen) atoms. The lowest BCUT2D eigenvalue weighted by Crippen LogP contribution is -2.40. The van der Waals surface area contributed by atoms with Gasteiger partial charge in [0.15, 0.2) is 0 Å². The predicted octanol–water partition coefficient (Wildman–Crippen LogP) is 3.02. The molecule has 4 heteroatoms. The molecule has 0 saturated heterocycles. The van der Waals surface area contributed by atoms with Gasteiger partial charge < -0.3 is 9.79 Å². The third-order valence-electron chi connectivity index (χ3n) is 3.19. The highest BCUT2D eigenvalue weighted by molar-refractivity contribution is 7.53. The molecule has 0 aliphatic carbocycles. The monoisotopic (exact) mass is 222 g/mol. The van der Waals surface area contributed by atoms with Gasteiger partial charge in [0, 0.05) is 0 Å². The van der Waals surface area contributed by atoms with E-state index in [0.29, 0.717) is 6.42 Å². The van der Waals surface area contributed by atoms with Gasteiger partial charge in [-0.1, -0.05) is 41.0 Å². The zero-order chi connectivity index (χ0) is 11.6. The van der Waals surface area contributed by atoms with Crippen molar-refractivity contribution in [2.45, 2.75) is 52.6 Å². The molecule has 0 aliphatic heterocycles. The Bertz CT molecular complexity index is 209. The van der Waals surface area contributed by atoms with E-state index < -0.39 is 12.8 Å². The van der Waals surface area contributed by atoms with Gasteiger partial charge in [-0.15, -0.1) is 0 Å². The van der Waals surface area contributed by atoms with Crippen LogP contribution in [0.5, 0.6) is 0 Å². The first-order valence-corrected chi connectivity index (χ1v) is 6.87. The molecule has 0 fully saturated rings. The second kappa shape index (κ2) is 4.78. The molecule has 0 saturated carbocycles. The maximum absolute atomic E-state index is 11.6. The summed E-state index contributed by atoms with van der Waals surface area (Å²) in [5, 5.41) is -0.845. The van der Waals surface area contributed by atoms with Gasteiger partial charge in [-0.25, -0.2) is 0 Å². The van der Waals surface area contributed by atoms with Gasteiger partial charge in [-0.05, 0) is 18.3 Å². The second-order valence-electron chi connectivity index (χ2n) is 4.59. The Hall–Kier alpha value is 0.150. The van der Waals surface area contributed by atoms with Gasteiger partial charge in [0.25, 0.3) is 0 Å². The van der Waals surface area contributed by atoms with E-state index in [1.54, 1.807) is 0 Å². The van der Waals surface area contributed by atoms with Crippen molar-refractivity contribution in [2.24, 2.45) is 11.8 Å². The molecule has 0 radical (unpaired) electrons. The number of rotatable bonds is 5. The van der Waals surface area contributed by atoms with Gasteiger partial charge >= 0.3 is 7.60 Å². The molecule has 0 aromatic heterocycles. The second-order valence-corrected chi connectivity index (χ2v) is 6.52. The summed E-state index contributed by atoms with van der Waals surface area (Å²) in [5.74, 6) is 0.00608. The third kappa shape index (κ3) is 2.39. The lowest BCUT2D eigenvalue weighted by atomic mass is 9.81. The molecule has 0 aromatic rings. The Morgan fingerprint density at radius 3 is 1.57 bits per heavy atom. The van der Waals surface area contributed by atoms with Gasteiger partial charge in [0.1, 0.15) is 0 Å². The fourth-order valence-corrected chi connectivity index (χ4v) is 4.32. The van der Waals surface area contributed by atoms with E-state index in [1.807, 2.05) is 34.6 Å². The molecule has 0 heterocycles. The van der Waals surface area contributed by atoms with Gasteiger partial charge in [-0.2, -0.15) is 0 Å². The van der Waals surface area contributed by atoms with Crippen LogP contribution in [0, 0.1) is 11.8 Å². The highest BCUT2D eigenvalue weighted by Gasteiger charge is 2.50. The van der Waals surface area contributed by atoms with Crippen LogP contribution in [0.3, 0.4) is 0 Å². The molecular formula is C10H23O3P. The van der Waals surface area contributed by atoms with Crippen LogP contribution in [-0.2, 0) is 4.57 Å². The Labute approximate surface area is 87.1 Å². The van der Waals surface area contributed by atoms with E-state index >= 15 is 0 Å². The van der Waals surface area contributed by atoms with Gasteiger partial charge in [0.2, 0.25) is 0 Å². The normalized spacial score (nSPS) is 14.1. The fraction of sp³-hybridized carbons (Fsp3) is 1.00. The number of hydrogen-bond donors (Lipinski definition) is 2. The molecule has 0 amide bonds. The summed E-state index contributed by atoms with van der Waals surface area (Å²) >= 11 is 0. The van der Waals surface area contributed by atoms with Crippen LogP contribution in [0.15, 0.2) is 0 Å². The van der Waals surface area contributed by atoms with Crippen LogP contribution in [0.1, 0.15) is 47.5 Å². The summed E-state index contributed by atoms with van der Waals surface area (Å²) in [6.45, 7) is 9.56. The minimum Gasteiger partial charge on any atom is -0.324 e. The lowest BCUT2D eigenvalue weighted by Gasteiger charge is -2.41. The van der Waals surface area contributed by atoms with Crippen molar-refractivity contribution in [3.63, 3.8) is 0 Å². The maximum atomic E-state index is 11.6. The SMILES string of the molecule is CCCC(C(C)C)(C(C)C)P(=O)(O)O. The van der Waals surface area contributed by atoms with Gasteiger partial charge in [-0.3, -0.25) is 4.57 Å². The highest BCUT2D eigenvalue weighted by Crippen LogP contribution is 2.60. The molecule has 0 atom stereocenters. The third-order valence-corrected chi connectivity index (χ3v) is 5.53. The van der Waals surface area contributed by atoms with Crippen molar-refractivity contribution in [3.05, 3.63) is 0 Å². The topological polar surface area (TPSA) is 57.5 Å². The largest absolute Gasteiger partial charge is 0.332 e. The Morgan fingerprint density at radius 2 is 1.50 bits per heavy atom. The standard InChI is InChI=1S/C10H23O3P/c1-6-7-10(8(2)3,9(4)5)14(11,12)13/h8-9H,6-7H2,1-5H3,(H2,11,12,13). The zero-order valence-corrected chi connectivity index (χ0v) is 10.7. The number of hydrogen-bond acceptors (Lipinski definition) is 1. The van der Waals surface area contributed by atoms with Crippen LogP contribution in [0.4, 0.5) is 0 Å². The summed E-state index contributed by atoms with van der Waals surface area (Å²) < 4.78 is 11.6. The summed E-state index contributed by atoms with van der Waals surface area (Å²) in [4.78, 5) is 19.0. The van der Waals surface area contributed by atoms with E-state index in [4.69, 9.17) is 0 Å². The molecule has 0 rings (SSSR count). The summed E-state index contributed by atoms with van der Waals surface area (Å²) in [5.41, 5.74) is 0. The van der Waals surface area contributed by atoms with Crippen molar-refractivity contribution in [2.75, 3.05) is 0 Å². The lowest BCUT2D eigenvalue weighted by molar-refractivity contribution is 0.224. The molecule has 0 spiro atoms. The molecular weight excluding hydrogens is 199 g/mol. The molecule has 86 valence electrons. The summed E-state index contributed by atoms with van der Waals surface area (Å²) in [6, 6.07) is 0. The molecule has 0 bridgehead atoms. The van der Waals surface area contributed by atoms with E-state index in [0.717, 1.165) is 6.42 Å². The van der Waals surface area contributed by atoms with E-state index in [1.165, 1.54) is 0 Å². The van der Waals surface area contributed by atoms with E-state index in [-0.39, 0.29) is 11.8 Å². The Balaban J connectivity index is 5.28. The predicted molar refractivity (Wildman–Crippen MR) is 59.4 cm³/mol. The molecule has 0 aliphatic rings. The van der Waals surface area contributed by atoms with Crippen molar-refractivity contribution >= 4 is 7.60 Å². The van der Waals surface area contributed by atoms with Crippen molar-refractivity contribution in [3.8, 4) is 0 Å². The van der Waals surface area contributed by atoms with Crippen LogP contribution in [0.2, 0.25) is 0 Å². The summed E-state index contributed by atoms with van der Waals surface area (Å²) in [7, 11) is -4.04. The minimum absolute atomic E-state index is 0.00304. The van der Waals surface area contributed by atoms with Crippen molar-refractivity contribution in [1.82, 2.24) is 0 Å². The maximum Gasteiger partial charge on any atom is 0.332 e. The molecule has 2 N–H and O–H groups in total. The minimum atomic E-state index is -4.04. The molecule has 3 nitrogen and oxygen atoms in total. The first-order chi connectivity index (χ1) is 6.20. The first-order valence-electron chi connectivity index (χ1n) is 5.25. The molecule has 0 aromatic carbocycles. The average molecular weight is 222 g/mol. The smallest absolute Gasteiger partial charge is 0.324 e. The van der Waals surface area contributed by atoms with Crippen LogP contribution in [0.25, 0.3) is 0 Å². The Morgan fingerprint density at radius 1 is 1.14 bits per heavy atom.